The lowest BCUT2D eigenvalue weighted by molar-refractivity contribution is -0.139. The van der Waals surface area contributed by atoms with Crippen LogP contribution in [0.1, 0.15) is 22.6 Å². The summed E-state index contributed by atoms with van der Waals surface area (Å²) in [4.78, 5) is 27.2. The minimum atomic E-state index is -1.26. The molecule has 0 radical (unpaired) electrons. The molecule has 0 bridgehead atoms. The van der Waals surface area contributed by atoms with Crippen LogP contribution in [0.3, 0.4) is 0 Å². The molecule has 0 aliphatic heterocycles. The number of aromatic nitrogens is 1. The number of amides is 1. The van der Waals surface area contributed by atoms with Crippen LogP contribution >= 0.6 is 13.5 Å². The Morgan fingerprint density at radius 2 is 1.65 bits per heavy atom. The van der Waals surface area contributed by atoms with E-state index in [2.05, 4.69) is 10.3 Å². The fraction of sp³-hybridized carbons (Fsp3) is 0.154. The highest BCUT2D eigenvalue weighted by Gasteiger charge is 2.30. The maximum absolute atomic E-state index is 14.3. The summed E-state index contributed by atoms with van der Waals surface area (Å²) in [5.74, 6) is -1.81. The summed E-state index contributed by atoms with van der Waals surface area (Å²) in [6.07, 6.45) is 0.647. The lowest BCUT2D eigenvalue weighted by Gasteiger charge is -2.17. The van der Waals surface area contributed by atoms with E-state index >= 15 is 0 Å². The van der Waals surface area contributed by atoms with Crippen LogP contribution in [0.2, 0.25) is 0 Å². The first-order chi connectivity index (χ1) is 16.0. The Morgan fingerprint density at radius 3 is 2.29 bits per heavy atom. The van der Waals surface area contributed by atoms with E-state index in [1.807, 2.05) is 48.5 Å². The predicted molar refractivity (Wildman–Crippen MR) is 132 cm³/mol. The van der Waals surface area contributed by atoms with Gasteiger partial charge < -0.3 is 20.1 Å². The van der Waals surface area contributed by atoms with Gasteiger partial charge in [-0.3, -0.25) is 0 Å². The van der Waals surface area contributed by atoms with Gasteiger partial charge in [0.2, 0.25) is 0 Å². The smallest absolute Gasteiger partial charge is 0.407 e. The summed E-state index contributed by atoms with van der Waals surface area (Å²) < 4.78 is 19.7. The number of hydrogen-bond acceptors (Lipinski definition) is 3. The Balaban J connectivity index is 0.00000274. The summed E-state index contributed by atoms with van der Waals surface area (Å²) in [5, 5.41) is 12.4. The molecule has 4 aromatic rings. The fourth-order valence-corrected chi connectivity index (χ4v) is 4.57. The molecule has 5 rings (SSSR count). The number of carboxylic acids is 1. The molecule has 0 saturated carbocycles. The highest BCUT2D eigenvalue weighted by atomic mass is 32.1. The van der Waals surface area contributed by atoms with Crippen molar-refractivity contribution >= 4 is 36.5 Å². The van der Waals surface area contributed by atoms with Gasteiger partial charge in [-0.15, -0.1) is 0 Å². The molecule has 3 N–H and O–H groups in total. The van der Waals surface area contributed by atoms with E-state index < -0.39 is 23.9 Å². The van der Waals surface area contributed by atoms with Crippen molar-refractivity contribution in [3.05, 3.63) is 95.4 Å². The number of alkyl carbamates (subject to hydrolysis) is 1. The number of rotatable bonds is 6. The minimum Gasteiger partial charge on any atom is -0.480 e. The third-order valence-corrected chi connectivity index (χ3v) is 6.09. The van der Waals surface area contributed by atoms with Crippen LogP contribution in [-0.2, 0) is 16.0 Å². The van der Waals surface area contributed by atoms with Crippen molar-refractivity contribution < 1.29 is 23.8 Å². The zero-order chi connectivity index (χ0) is 22.9. The summed E-state index contributed by atoms with van der Waals surface area (Å²) in [7, 11) is 0. The topological polar surface area (TPSA) is 91.4 Å². The van der Waals surface area contributed by atoms with Crippen molar-refractivity contribution in [2.45, 2.75) is 18.4 Å². The molecule has 1 aliphatic rings. The molecule has 3 aromatic carbocycles. The normalized spacial score (nSPS) is 13.0. The molecule has 1 aliphatic carbocycles. The van der Waals surface area contributed by atoms with E-state index in [4.69, 9.17) is 4.74 Å². The van der Waals surface area contributed by atoms with Gasteiger partial charge in [0.1, 0.15) is 18.5 Å². The van der Waals surface area contributed by atoms with E-state index in [9.17, 15) is 19.1 Å². The number of carboxylic acid groups (broad SMARTS) is 1. The standard InChI is InChI=1S/C26H21FN2O4.H2S/c27-21-10-5-11-22-24(21)15(13-28-22)12-23(25(30)31)29-26(32)33-14-20-18-8-3-1-6-16(18)17-7-2-4-9-19(17)20;/h1-11,13,20,23,28H,12,14H2,(H,29,32)(H,30,31);1H2/t23-;/m0./s1. The minimum absolute atomic E-state index is 0. The summed E-state index contributed by atoms with van der Waals surface area (Å²) in [6.45, 7) is 0.0773. The fourth-order valence-electron chi connectivity index (χ4n) is 4.57. The second-order valence-corrected chi connectivity index (χ2v) is 8.04. The number of H-pyrrole nitrogens is 1. The van der Waals surface area contributed by atoms with Crippen LogP contribution < -0.4 is 5.32 Å². The molecule has 1 amide bonds. The van der Waals surface area contributed by atoms with Crippen LogP contribution in [0.4, 0.5) is 9.18 Å². The van der Waals surface area contributed by atoms with Gasteiger partial charge in [-0.2, -0.15) is 13.5 Å². The zero-order valence-electron chi connectivity index (χ0n) is 18.0. The van der Waals surface area contributed by atoms with Gasteiger partial charge >= 0.3 is 12.1 Å². The number of carbonyl (C=O) groups is 2. The van der Waals surface area contributed by atoms with Crippen molar-refractivity contribution in [1.82, 2.24) is 10.3 Å². The number of fused-ring (bicyclic) bond motifs is 4. The molecule has 34 heavy (non-hydrogen) atoms. The van der Waals surface area contributed by atoms with E-state index in [0.717, 1.165) is 22.3 Å². The van der Waals surface area contributed by atoms with E-state index in [1.54, 1.807) is 18.3 Å². The van der Waals surface area contributed by atoms with E-state index in [0.29, 0.717) is 16.5 Å². The summed E-state index contributed by atoms with van der Waals surface area (Å²) >= 11 is 0. The first-order valence-electron chi connectivity index (χ1n) is 10.6. The number of nitrogens with one attached hydrogen (secondary N) is 2. The Bertz CT molecular complexity index is 1320. The summed E-state index contributed by atoms with van der Waals surface area (Å²) in [6, 6.07) is 19.2. The second-order valence-electron chi connectivity index (χ2n) is 8.04. The van der Waals surface area contributed by atoms with Gasteiger partial charge in [0, 0.05) is 29.4 Å². The highest BCUT2D eigenvalue weighted by molar-refractivity contribution is 7.59. The third kappa shape index (κ3) is 4.24. The first kappa shape index (κ1) is 23.4. The number of benzene rings is 3. The molecular weight excluding hydrogens is 455 g/mol. The molecule has 1 heterocycles. The van der Waals surface area contributed by atoms with Gasteiger partial charge in [-0.25, -0.2) is 14.0 Å². The maximum atomic E-state index is 14.3. The van der Waals surface area contributed by atoms with Crippen LogP contribution in [-0.4, -0.2) is 34.8 Å². The van der Waals surface area contributed by atoms with E-state index in [1.165, 1.54) is 6.07 Å². The SMILES string of the molecule is O=C(N[C@@H](Cc1c[nH]c2cccc(F)c12)C(=O)O)OCC1c2ccccc2-c2ccccc21.S. The van der Waals surface area contributed by atoms with Crippen molar-refractivity contribution in [3.63, 3.8) is 0 Å². The Labute approximate surface area is 202 Å². The number of ether oxygens (including phenoxy) is 1. The van der Waals surface area contributed by atoms with Crippen LogP contribution in [0.5, 0.6) is 0 Å². The molecule has 0 fully saturated rings. The lowest BCUT2D eigenvalue weighted by Crippen LogP contribution is -2.42. The van der Waals surface area contributed by atoms with Crippen molar-refractivity contribution in [2.75, 3.05) is 6.61 Å². The number of aliphatic carboxylic acids is 1. The van der Waals surface area contributed by atoms with Gasteiger partial charge in [0.15, 0.2) is 0 Å². The molecule has 8 heteroatoms. The molecule has 0 spiro atoms. The summed E-state index contributed by atoms with van der Waals surface area (Å²) in [5.41, 5.74) is 5.37. The Hall–Kier alpha value is -3.78. The van der Waals surface area contributed by atoms with Gasteiger partial charge in [0.05, 0.1) is 0 Å². The zero-order valence-corrected chi connectivity index (χ0v) is 19.0. The van der Waals surface area contributed by atoms with Gasteiger partial charge in [0.25, 0.3) is 0 Å². The van der Waals surface area contributed by atoms with Crippen LogP contribution in [0, 0.1) is 5.82 Å². The molecule has 0 saturated heterocycles. The number of aromatic amines is 1. The molecule has 1 aromatic heterocycles. The quantitative estimate of drug-likeness (QED) is 0.366. The number of hydrogen-bond donors (Lipinski definition) is 3. The molecule has 0 unspecified atom stereocenters. The van der Waals surface area contributed by atoms with Crippen molar-refractivity contribution in [2.24, 2.45) is 0 Å². The van der Waals surface area contributed by atoms with Crippen molar-refractivity contribution in [3.8, 4) is 11.1 Å². The van der Waals surface area contributed by atoms with Crippen LogP contribution in [0.15, 0.2) is 72.9 Å². The van der Waals surface area contributed by atoms with Gasteiger partial charge in [-0.05, 0) is 39.9 Å². The van der Waals surface area contributed by atoms with E-state index in [-0.39, 0.29) is 32.4 Å². The molecule has 174 valence electrons. The van der Waals surface area contributed by atoms with Crippen molar-refractivity contribution in [1.29, 1.82) is 0 Å². The monoisotopic (exact) mass is 478 g/mol. The Kier molecular flexibility index (Phi) is 6.61. The average molecular weight is 479 g/mol. The van der Waals surface area contributed by atoms with Crippen LogP contribution in [0.25, 0.3) is 22.0 Å². The lowest BCUT2D eigenvalue weighted by atomic mass is 9.98. The highest BCUT2D eigenvalue weighted by Crippen LogP contribution is 2.44. The predicted octanol–water partition coefficient (Wildman–Crippen LogP) is 4.95. The molecule has 1 atom stereocenters. The average Bonchev–Trinajstić information content (AvgIpc) is 3.37. The Morgan fingerprint density at radius 1 is 1.00 bits per heavy atom. The third-order valence-electron chi connectivity index (χ3n) is 6.09. The molecule has 6 nitrogen and oxygen atoms in total. The number of carbonyl (C=O) groups excluding carboxylic acids is 1. The second kappa shape index (κ2) is 9.61. The van der Waals surface area contributed by atoms with Gasteiger partial charge in [-0.1, -0.05) is 54.6 Å². The number of halogens is 1. The first-order valence-corrected chi connectivity index (χ1v) is 10.6. The maximum Gasteiger partial charge on any atom is 0.407 e. The molecular formula is C26H23FN2O4S. The largest absolute Gasteiger partial charge is 0.480 e.